The SMILES string of the molecule is COc1ccc(C(F)n2nc(C(=O)O)c3ccc(CNS(C)(=O)=O)cc32)c(F)c1. The quantitative estimate of drug-likeness (QED) is 0.602. The van der Waals surface area contributed by atoms with E-state index in [0.29, 0.717) is 5.56 Å². The third kappa shape index (κ3) is 4.35. The average Bonchev–Trinajstić information content (AvgIpc) is 3.04. The van der Waals surface area contributed by atoms with Crippen molar-refractivity contribution in [3.05, 3.63) is 59.0 Å². The molecule has 0 saturated carbocycles. The maximum absolute atomic E-state index is 15.2. The lowest BCUT2D eigenvalue weighted by Crippen LogP contribution is -2.21. The predicted octanol–water partition coefficient (Wildman–Crippen LogP) is 2.45. The van der Waals surface area contributed by atoms with E-state index in [2.05, 4.69) is 9.82 Å². The van der Waals surface area contributed by atoms with E-state index in [1.165, 1.54) is 37.4 Å². The molecule has 154 valence electrons. The molecule has 29 heavy (non-hydrogen) atoms. The van der Waals surface area contributed by atoms with Crippen LogP contribution < -0.4 is 9.46 Å². The molecule has 3 rings (SSSR count). The third-order valence-corrected chi connectivity index (χ3v) is 4.86. The van der Waals surface area contributed by atoms with Crippen molar-refractivity contribution in [3.63, 3.8) is 0 Å². The van der Waals surface area contributed by atoms with E-state index in [4.69, 9.17) is 4.74 Å². The van der Waals surface area contributed by atoms with Crippen LogP contribution in [-0.2, 0) is 16.6 Å². The first kappa shape index (κ1) is 20.7. The van der Waals surface area contributed by atoms with Gasteiger partial charge in [0.2, 0.25) is 16.3 Å². The fourth-order valence-corrected chi connectivity index (χ4v) is 3.23. The molecule has 1 atom stereocenters. The summed E-state index contributed by atoms with van der Waals surface area (Å²) in [7, 11) is -2.13. The van der Waals surface area contributed by atoms with Gasteiger partial charge in [0, 0.05) is 23.6 Å². The van der Waals surface area contributed by atoms with Crippen LogP contribution in [0, 0.1) is 5.82 Å². The summed E-state index contributed by atoms with van der Waals surface area (Å²) in [6, 6.07) is 7.87. The highest BCUT2D eigenvalue weighted by Gasteiger charge is 2.25. The number of ether oxygens (including phenoxy) is 1. The van der Waals surface area contributed by atoms with Gasteiger partial charge in [0.15, 0.2) is 5.69 Å². The van der Waals surface area contributed by atoms with Gasteiger partial charge in [0.05, 0.1) is 18.9 Å². The predicted molar refractivity (Wildman–Crippen MR) is 101 cm³/mol. The summed E-state index contributed by atoms with van der Waals surface area (Å²) in [6.07, 6.45) is -1.13. The van der Waals surface area contributed by atoms with Gasteiger partial charge in [0.1, 0.15) is 11.6 Å². The molecule has 8 nitrogen and oxygen atoms in total. The Bertz CT molecular complexity index is 1190. The highest BCUT2D eigenvalue weighted by atomic mass is 32.2. The van der Waals surface area contributed by atoms with Crippen molar-refractivity contribution >= 4 is 26.9 Å². The number of aromatic nitrogens is 2. The molecule has 2 aromatic carbocycles. The molecular formula is C18H17F2N3O5S. The smallest absolute Gasteiger partial charge is 0.357 e. The molecule has 0 aliphatic heterocycles. The number of aromatic carboxylic acids is 1. The number of alkyl halides is 1. The molecule has 0 radical (unpaired) electrons. The second-order valence-electron chi connectivity index (χ2n) is 6.27. The van der Waals surface area contributed by atoms with Gasteiger partial charge in [-0.05, 0) is 29.8 Å². The maximum atomic E-state index is 15.2. The van der Waals surface area contributed by atoms with Crippen LogP contribution in [0.25, 0.3) is 10.9 Å². The topological polar surface area (TPSA) is 111 Å². The zero-order chi connectivity index (χ0) is 21.3. The van der Waals surface area contributed by atoms with Crippen LogP contribution in [0.15, 0.2) is 36.4 Å². The minimum Gasteiger partial charge on any atom is -0.497 e. The van der Waals surface area contributed by atoms with E-state index in [1.807, 2.05) is 0 Å². The van der Waals surface area contributed by atoms with Crippen LogP contribution in [0.1, 0.15) is 27.9 Å². The second-order valence-corrected chi connectivity index (χ2v) is 8.10. The van der Waals surface area contributed by atoms with Crippen molar-refractivity contribution in [1.82, 2.24) is 14.5 Å². The van der Waals surface area contributed by atoms with Gasteiger partial charge in [-0.15, -0.1) is 0 Å². The minimum absolute atomic E-state index is 0.0814. The number of hydrogen-bond acceptors (Lipinski definition) is 5. The lowest BCUT2D eigenvalue weighted by Gasteiger charge is -2.13. The molecule has 2 N–H and O–H groups in total. The first-order valence-electron chi connectivity index (χ1n) is 8.27. The number of nitrogens with zero attached hydrogens (tertiary/aromatic N) is 2. The summed E-state index contributed by atoms with van der Waals surface area (Å²) in [5, 5.41) is 13.3. The zero-order valence-electron chi connectivity index (χ0n) is 15.4. The number of hydrogen-bond donors (Lipinski definition) is 2. The van der Waals surface area contributed by atoms with Gasteiger partial charge in [-0.25, -0.2) is 31.4 Å². The Labute approximate surface area is 164 Å². The van der Waals surface area contributed by atoms with Crippen molar-refractivity contribution in [2.75, 3.05) is 13.4 Å². The Hall–Kier alpha value is -3.05. The Morgan fingerprint density at radius 3 is 2.62 bits per heavy atom. The molecule has 3 aromatic rings. The number of carbonyl (C=O) groups is 1. The number of benzene rings is 2. The molecule has 1 heterocycles. The largest absolute Gasteiger partial charge is 0.497 e. The number of carboxylic acids is 1. The molecule has 1 aromatic heterocycles. The van der Waals surface area contributed by atoms with E-state index >= 15 is 4.39 Å². The highest BCUT2D eigenvalue weighted by molar-refractivity contribution is 7.88. The summed E-state index contributed by atoms with van der Waals surface area (Å²) >= 11 is 0. The number of rotatable bonds is 7. The van der Waals surface area contributed by atoms with Crippen molar-refractivity contribution in [1.29, 1.82) is 0 Å². The molecule has 0 fully saturated rings. The Morgan fingerprint density at radius 1 is 1.31 bits per heavy atom. The normalized spacial score (nSPS) is 12.8. The molecule has 0 aliphatic rings. The van der Waals surface area contributed by atoms with Crippen LogP contribution in [0.4, 0.5) is 8.78 Å². The van der Waals surface area contributed by atoms with Crippen molar-refractivity contribution < 1.29 is 31.8 Å². The molecule has 0 aliphatic carbocycles. The van der Waals surface area contributed by atoms with Gasteiger partial charge in [-0.3, -0.25) is 0 Å². The van der Waals surface area contributed by atoms with Gasteiger partial charge in [-0.2, -0.15) is 5.10 Å². The van der Waals surface area contributed by atoms with E-state index in [1.54, 1.807) is 0 Å². The Balaban J connectivity index is 2.11. The molecule has 1 unspecified atom stereocenters. The highest BCUT2D eigenvalue weighted by Crippen LogP contribution is 2.30. The number of halogens is 2. The molecule has 0 spiro atoms. The molecule has 0 amide bonds. The van der Waals surface area contributed by atoms with Gasteiger partial charge < -0.3 is 9.84 Å². The monoisotopic (exact) mass is 425 g/mol. The maximum Gasteiger partial charge on any atom is 0.357 e. The van der Waals surface area contributed by atoms with E-state index in [9.17, 15) is 22.7 Å². The number of carboxylic acid groups (broad SMARTS) is 1. The Kier molecular flexibility index (Phi) is 5.53. The second kappa shape index (κ2) is 7.76. The lowest BCUT2D eigenvalue weighted by molar-refractivity contribution is 0.0690. The van der Waals surface area contributed by atoms with Crippen LogP contribution in [0.5, 0.6) is 5.75 Å². The van der Waals surface area contributed by atoms with E-state index < -0.39 is 33.8 Å². The van der Waals surface area contributed by atoms with Crippen molar-refractivity contribution in [2.24, 2.45) is 0 Å². The zero-order valence-corrected chi connectivity index (χ0v) is 16.2. The van der Waals surface area contributed by atoms with Crippen LogP contribution in [0.3, 0.4) is 0 Å². The molecule has 0 saturated heterocycles. The van der Waals surface area contributed by atoms with Crippen LogP contribution in [-0.4, -0.2) is 42.6 Å². The number of sulfonamides is 1. The fourth-order valence-electron chi connectivity index (χ4n) is 2.80. The van der Waals surface area contributed by atoms with Crippen LogP contribution in [0.2, 0.25) is 0 Å². The standard InChI is InChI=1S/C18H17F2N3O5S/c1-28-11-4-6-12(14(19)8-11)17(20)23-15-7-10(9-21-29(2,26)27)3-5-13(15)16(22-23)18(24)25/h3-8,17,21H,9H2,1-2H3,(H,24,25). The van der Waals surface area contributed by atoms with Gasteiger partial charge in [-0.1, -0.05) is 6.07 Å². The Morgan fingerprint density at radius 2 is 2.03 bits per heavy atom. The van der Waals surface area contributed by atoms with Gasteiger partial charge >= 0.3 is 5.97 Å². The molecular weight excluding hydrogens is 408 g/mol. The van der Waals surface area contributed by atoms with Crippen LogP contribution >= 0.6 is 0 Å². The van der Waals surface area contributed by atoms with Crippen molar-refractivity contribution in [2.45, 2.75) is 12.8 Å². The number of nitrogens with one attached hydrogen (secondary N) is 1. The average molecular weight is 425 g/mol. The summed E-state index contributed by atoms with van der Waals surface area (Å²) in [4.78, 5) is 11.5. The lowest BCUT2D eigenvalue weighted by atomic mass is 10.1. The van der Waals surface area contributed by atoms with Gasteiger partial charge in [0.25, 0.3) is 0 Å². The third-order valence-electron chi connectivity index (χ3n) is 4.19. The molecule has 0 bridgehead atoms. The number of fused-ring (bicyclic) bond motifs is 1. The summed E-state index contributed by atoms with van der Waals surface area (Å²) in [5.41, 5.74) is -0.229. The van der Waals surface area contributed by atoms with Crippen molar-refractivity contribution in [3.8, 4) is 5.75 Å². The fraction of sp³-hybridized carbons (Fsp3) is 0.222. The first-order valence-corrected chi connectivity index (χ1v) is 10.2. The van der Waals surface area contributed by atoms with E-state index in [0.717, 1.165) is 17.0 Å². The number of methoxy groups -OCH3 is 1. The minimum atomic E-state index is -3.47. The van der Waals surface area contributed by atoms with E-state index in [-0.39, 0.29) is 28.8 Å². The molecule has 11 heteroatoms. The summed E-state index contributed by atoms with van der Waals surface area (Å²) in [6.45, 7) is -0.0871. The summed E-state index contributed by atoms with van der Waals surface area (Å²) in [5.74, 6) is -2.06. The first-order chi connectivity index (χ1) is 13.6. The summed E-state index contributed by atoms with van der Waals surface area (Å²) < 4.78 is 60.0.